The minimum absolute atomic E-state index is 0. The summed E-state index contributed by atoms with van der Waals surface area (Å²) in [5.41, 5.74) is 5.92. The molecule has 0 aliphatic heterocycles. The monoisotopic (exact) mass is 506 g/mol. The molecule has 0 radical (unpaired) electrons. The van der Waals surface area contributed by atoms with E-state index in [4.69, 9.17) is 0 Å². The third-order valence-corrected chi connectivity index (χ3v) is 11.3. The lowest BCUT2D eigenvalue weighted by Crippen LogP contribution is -3.00. The van der Waals surface area contributed by atoms with Gasteiger partial charge in [-0.3, -0.25) is 0 Å². The first-order chi connectivity index (χ1) is 15.9. The second-order valence-electron chi connectivity index (χ2n) is 8.31. The summed E-state index contributed by atoms with van der Waals surface area (Å²) in [4.78, 5) is 0. The SMILES string of the molecule is [Br-].c1ccc([P+](c2ccccc2)(c2ccccc2)C2c3ccccc3-c3ccccc32)cc1. The van der Waals surface area contributed by atoms with Crippen LogP contribution < -0.4 is 32.9 Å². The van der Waals surface area contributed by atoms with E-state index in [0.717, 1.165) is 0 Å². The van der Waals surface area contributed by atoms with Crippen molar-refractivity contribution in [1.82, 2.24) is 0 Å². The zero-order valence-corrected chi connectivity index (χ0v) is 20.7. The van der Waals surface area contributed by atoms with Crippen LogP contribution in [0.25, 0.3) is 11.1 Å². The normalized spacial score (nSPS) is 12.5. The van der Waals surface area contributed by atoms with Crippen molar-refractivity contribution in [3.05, 3.63) is 151 Å². The van der Waals surface area contributed by atoms with Crippen LogP contribution in [-0.4, -0.2) is 0 Å². The Morgan fingerprint density at radius 2 is 0.667 bits per heavy atom. The molecule has 6 rings (SSSR count). The van der Waals surface area contributed by atoms with Crippen molar-refractivity contribution in [3.63, 3.8) is 0 Å². The third kappa shape index (κ3) is 3.39. The van der Waals surface area contributed by atoms with Crippen LogP contribution in [0.2, 0.25) is 0 Å². The molecule has 5 aromatic carbocycles. The Bertz CT molecular complexity index is 1220. The van der Waals surface area contributed by atoms with Gasteiger partial charge in [0.15, 0.2) is 0 Å². The molecule has 0 fully saturated rings. The number of halogens is 1. The van der Waals surface area contributed by atoms with Gasteiger partial charge in [0.25, 0.3) is 0 Å². The largest absolute Gasteiger partial charge is 1.00 e. The van der Waals surface area contributed by atoms with Crippen LogP contribution in [0.1, 0.15) is 16.8 Å². The van der Waals surface area contributed by atoms with Crippen LogP contribution >= 0.6 is 7.26 Å². The molecule has 0 bridgehead atoms. The molecular formula is C31H24BrP. The molecule has 0 saturated heterocycles. The van der Waals surface area contributed by atoms with Crippen LogP contribution in [0, 0.1) is 0 Å². The molecule has 5 aromatic rings. The summed E-state index contributed by atoms with van der Waals surface area (Å²) in [7, 11) is -2.07. The fourth-order valence-electron chi connectivity index (χ4n) is 5.43. The van der Waals surface area contributed by atoms with Gasteiger partial charge in [0, 0.05) is 11.1 Å². The van der Waals surface area contributed by atoms with Gasteiger partial charge in [-0.05, 0) is 47.5 Å². The molecule has 0 aromatic heterocycles. The smallest absolute Gasteiger partial charge is 0.135 e. The zero-order valence-electron chi connectivity index (χ0n) is 18.2. The van der Waals surface area contributed by atoms with Gasteiger partial charge in [-0.25, -0.2) is 0 Å². The molecule has 1 aliphatic rings. The quantitative estimate of drug-likeness (QED) is 0.325. The predicted molar refractivity (Wildman–Crippen MR) is 139 cm³/mol. The molecular weight excluding hydrogens is 483 g/mol. The van der Waals surface area contributed by atoms with Crippen LogP contribution in [0.3, 0.4) is 0 Å². The van der Waals surface area contributed by atoms with Crippen molar-refractivity contribution < 1.29 is 17.0 Å². The Balaban J connectivity index is 0.00000228. The maximum absolute atomic E-state index is 2.35. The number of hydrogen-bond acceptors (Lipinski definition) is 0. The molecule has 0 atom stereocenters. The summed E-state index contributed by atoms with van der Waals surface area (Å²) in [6.45, 7) is 0. The molecule has 160 valence electrons. The molecule has 0 heterocycles. The standard InChI is InChI=1S/C31H24P.BrH/c1-4-14-24(15-5-1)32(25-16-6-2-7-17-25,26-18-8-3-9-19-26)31-29-22-12-10-20-27(29)28-21-11-13-23-30(28)31;/h1-23,31H;1H/q+1;/p-1. The minimum atomic E-state index is -2.07. The number of rotatable bonds is 4. The third-order valence-electron chi connectivity index (χ3n) is 6.68. The average molecular weight is 507 g/mol. The van der Waals surface area contributed by atoms with Crippen LogP contribution in [0.4, 0.5) is 0 Å². The van der Waals surface area contributed by atoms with E-state index in [2.05, 4.69) is 140 Å². The van der Waals surface area contributed by atoms with Gasteiger partial charge >= 0.3 is 0 Å². The van der Waals surface area contributed by atoms with E-state index in [0.29, 0.717) is 0 Å². The molecule has 33 heavy (non-hydrogen) atoms. The lowest BCUT2D eigenvalue weighted by molar-refractivity contribution is -0.00000601. The van der Waals surface area contributed by atoms with Crippen LogP contribution in [0.15, 0.2) is 140 Å². The molecule has 0 N–H and O–H groups in total. The Morgan fingerprint density at radius 3 is 1.03 bits per heavy atom. The number of hydrogen-bond donors (Lipinski definition) is 0. The second-order valence-corrected chi connectivity index (χ2v) is 11.8. The molecule has 0 amide bonds. The van der Waals surface area contributed by atoms with E-state index < -0.39 is 7.26 Å². The van der Waals surface area contributed by atoms with Gasteiger partial charge < -0.3 is 17.0 Å². The number of fused-ring (bicyclic) bond motifs is 3. The Kier molecular flexibility index (Phi) is 6.02. The Hall–Kier alpha value is -2.99. The first-order valence-electron chi connectivity index (χ1n) is 11.1. The van der Waals surface area contributed by atoms with Crippen LogP contribution in [0.5, 0.6) is 0 Å². The average Bonchev–Trinajstić information content (AvgIpc) is 3.22. The molecule has 0 spiro atoms. The fraction of sp³-hybridized carbons (Fsp3) is 0.0323. The van der Waals surface area contributed by atoms with E-state index in [9.17, 15) is 0 Å². The summed E-state index contributed by atoms with van der Waals surface area (Å²) < 4.78 is 0. The fourth-order valence-corrected chi connectivity index (χ4v) is 10.4. The first-order valence-corrected chi connectivity index (χ1v) is 13.0. The number of benzene rings is 5. The summed E-state index contributed by atoms with van der Waals surface area (Å²) in [5.74, 6) is 0. The van der Waals surface area contributed by atoms with Crippen molar-refractivity contribution in [1.29, 1.82) is 0 Å². The Morgan fingerprint density at radius 1 is 0.364 bits per heavy atom. The van der Waals surface area contributed by atoms with E-state index in [-0.39, 0.29) is 22.6 Å². The van der Waals surface area contributed by atoms with Gasteiger partial charge in [-0.15, -0.1) is 0 Å². The minimum Gasteiger partial charge on any atom is -1.00 e. The van der Waals surface area contributed by atoms with Crippen molar-refractivity contribution in [2.75, 3.05) is 0 Å². The predicted octanol–water partition coefficient (Wildman–Crippen LogP) is 3.75. The van der Waals surface area contributed by atoms with Gasteiger partial charge in [-0.2, -0.15) is 0 Å². The molecule has 2 heteroatoms. The Labute approximate surface area is 207 Å². The summed E-state index contributed by atoms with van der Waals surface area (Å²) in [6.07, 6.45) is 0. The van der Waals surface area contributed by atoms with E-state index in [1.807, 2.05) is 0 Å². The van der Waals surface area contributed by atoms with Gasteiger partial charge in [0.2, 0.25) is 0 Å². The summed E-state index contributed by atoms with van der Waals surface area (Å²) in [5, 5.41) is 4.27. The van der Waals surface area contributed by atoms with Gasteiger partial charge in [-0.1, -0.05) is 103 Å². The topological polar surface area (TPSA) is 0 Å². The highest BCUT2D eigenvalue weighted by molar-refractivity contribution is 7.96. The van der Waals surface area contributed by atoms with Gasteiger partial charge in [0.05, 0.1) is 0 Å². The maximum atomic E-state index is 2.35. The van der Waals surface area contributed by atoms with Crippen molar-refractivity contribution >= 4 is 23.2 Å². The molecule has 0 unspecified atom stereocenters. The van der Waals surface area contributed by atoms with Crippen molar-refractivity contribution in [2.24, 2.45) is 0 Å². The summed E-state index contributed by atoms with van der Waals surface area (Å²) in [6, 6.07) is 51.7. The second kappa shape index (κ2) is 9.10. The molecule has 0 saturated carbocycles. The van der Waals surface area contributed by atoms with E-state index in [1.54, 1.807) is 0 Å². The van der Waals surface area contributed by atoms with Crippen molar-refractivity contribution in [3.8, 4) is 11.1 Å². The van der Waals surface area contributed by atoms with E-state index in [1.165, 1.54) is 38.2 Å². The lowest BCUT2D eigenvalue weighted by Gasteiger charge is -2.34. The first kappa shape index (κ1) is 21.8. The zero-order chi connectivity index (χ0) is 21.4. The lowest BCUT2D eigenvalue weighted by atomic mass is 10.1. The summed E-state index contributed by atoms with van der Waals surface area (Å²) >= 11 is 0. The van der Waals surface area contributed by atoms with Crippen molar-refractivity contribution in [2.45, 2.75) is 5.66 Å². The van der Waals surface area contributed by atoms with Crippen LogP contribution in [-0.2, 0) is 0 Å². The highest BCUT2D eigenvalue weighted by Crippen LogP contribution is 2.72. The van der Waals surface area contributed by atoms with E-state index >= 15 is 0 Å². The highest BCUT2D eigenvalue weighted by atomic mass is 79.9. The van der Waals surface area contributed by atoms with Gasteiger partial charge in [0.1, 0.15) is 28.8 Å². The molecule has 0 nitrogen and oxygen atoms in total. The molecule has 1 aliphatic carbocycles. The highest BCUT2D eigenvalue weighted by Gasteiger charge is 2.56. The maximum Gasteiger partial charge on any atom is 0.135 e.